The first-order chi connectivity index (χ1) is 16.4. The molecular weight excluding hydrogens is 420 g/mol. The molecule has 2 aliphatic rings. The van der Waals surface area contributed by atoms with Gasteiger partial charge in [0.15, 0.2) is 0 Å². The lowest BCUT2D eigenvalue weighted by molar-refractivity contribution is -0.180. The minimum absolute atomic E-state index is 0.221. The van der Waals surface area contributed by atoms with Gasteiger partial charge in [-0.15, -0.1) is 0 Å². The average Bonchev–Trinajstić information content (AvgIpc) is 3.26. The Morgan fingerprint density at radius 1 is 0.912 bits per heavy atom. The highest BCUT2D eigenvalue weighted by molar-refractivity contribution is 5.87. The molecule has 0 amide bonds. The fraction of sp³-hybridized carbons (Fsp3) is 0.323. The molecule has 3 nitrogen and oxygen atoms in total. The molecular formula is C31H32O3. The van der Waals surface area contributed by atoms with Crippen LogP contribution in [0.25, 0.3) is 6.08 Å². The van der Waals surface area contributed by atoms with Crippen molar-refractivity contribution in [3.8, 4) is 0 Å². The van der Waals surface area contributed by atoms with Gasteiger partial charge in [-0.3, -0.25) is 0 Å². The van der Waals surface area contributed by atoms with Gasteiger partial charge in [-0.25, -0.2) is 4.79 Å². The third-order valence-corrected chi connectivity index (χ3v) is 8.60. The van der Waals surface area contributed by atoms with Crippen LogP contribution in [0, 0.1) is 16.7 Å². The Bertz CT molecular complexity index is 1130. The number of aliphatic hydroxyl groups is 1. The van der Waals surface area contributed by atoms with Crippen LogP contribution in [0.1, 0.15) is 49.8 Å². The molecule has 3 heteroatoms. The van der Waals surface area contributed by atoms with Crippen molar-refractivity contribution in [1.29, 1.82) is 0 Å². The van der Waals surface area contributed by atoms with Crippen LogP contribution in [0.4, 0.5) is 0 Å². The summed E-state index contributed by atoms with van der Waals surface area (Å²) in [6.07, 6.45) is 5.48. The van der Waals surface area contributed by atoms with E-state index >= 15 is 0 Å². The van der Waals surface area contributed by atoms with E-state index in [4.69, 9.17) is 4.74 Å². The summed E-state index contributed by atoms with van der Waals surface area (Å²) in [6.45, 7) is 4.49. The second-order valence-electron chi connectivity index (χ2n) is 10.3. The minimum atomic E-state index is -1.29. The van der Waals surface area contributed by atoms with Crippen LogP contribution in [0.15, 0.2) is 97.1 Å². The summed E-state index contributed by atoms with van der Waals surface area (Å²) in [7, 11) is 0. The summed E-state index contributed by atoms with van der Waals surface area (Å²) in [5, 5.41) is 12.8. The lowest BCUT2D eigenvalue weighted by Crippen LogP contribution is -2.57. The Kier molecular flexibility index (Phi) is 5.69. The third-order valence-electron chi connectivity index (χ3n) is 8.60. The van der Waals surface area contributed by atoms with Gasteiger partial charge in [0, 0.05) is 11.5 Å². The van der Waals surface area contributed by atoms with E-state index in [-0.39, 0.29) is 17.5 Å². The molecule has 34 heavy (non-hydrogen) atoms. The van der Waals surface area contributed by atoms with Gasteiger partial charge in [0.05, 0.1) is 0 Å². The highest BCUT2D eigenvalue weighted by atomic mass is 16.5. The number of esters is 1. The van der Waals surface area contributed by atoms with Gasteiger partial charge in [-0.1, -0.05) is 105 Å². The molecule has 1 N–H and O–H groups in total. The number of carbonyl (C=O) groups is 1. The highest BCUT2D eigenvalue weighted by Crippen LogP contribution is 2.73. The van der Waals surface area contributed by atoms with Crippen molar-refractivity contribution in [2.45, 2.75) is 44.8 Å². The first-order valence-electron chi connectivity index (χ1n) is 12.2. The monoisotopic (exact) mass is 452 g/mol. The SMILES string of the molecule is CC1(C)[C@@H]2CC[C@@]1(C(O)(c1ccccc1)c1ccccc1)[C@H](OC(=O)/C=C/c1ccccc1)C2. The fourth-order valence-corrected chi connectivity index (χ4v) is 6.87. The average molecular weight is 453 g/mol. The van der Waals surface area contributed by atoms with Crippen molar-refractivity contribution in [3.63, 3.8) is 0 Å². The van der Waals surface area contributed by atoms with Crippen LogP contribution in [-0.4, -0.2) is 17.2 Å². The van der Waals surface area contributed by atoms with Gasteiger partial charge in [0.1, 0.15) is 11.7 Å². The van der Waals surface area contributed by atoms with Crippen molar-refractivity contribution in [3.05, 3.63) is 114 Å². The molecule has 0 spiro atoms. The summed E-state index contributed by atoms with van der Waals surface area (Å²) < 4.78 is 6.21. The maximum atomic E-state index is 13.0. The minimum Gasteiger partial charge on any atom is -0.458 e. The van der Waals surface area contributed by atoms with Crippen molar-refractivity contribution in [2.75, 3.05) is 0 Å². The molecule has 0 radical (unpaired) electrons. The standard InChI is InChI=1S/C31H32O3/c1-29(2)26-20-21-30(29,27(22-26)34-28(32)19-18-23-12-6-3-7-13-23)31(33,24-14-8-4-9-15-24)25-16-10-5-11-17-25/h3-19,26-27,33H,20-22H2,1-2H3/b19-18+/t26-,27-,30-/m1/s1. The first-order valence-corrected chi connectivity index (χ1v) is 12.2. The van der Waals surface area contributed by atoms with Crippen molar-refractivity contribution < 1.29 is 14.6 Å². The van der Waals surface area contributed by atoms with Crippen molar-refractivity contribution in [1.82, 2.24) is 0 Å². The van der Waals surface area contributed by atoms with E-state index in [1.54, 1.807) is 6.08 Å². The molecule has 0 unspecified atom stereocenters. The molecule has 0 aromatic heterocycles. The molecule has 2 aliphatic carbocycles. The van der Waals surface area contributed by atoms with Crippen molar-refractivity contribution in [2.24, 2.45) is 16.7 Å². The fourth-order valence-electron chi connectivity index (χ4n) is 6.87. The molecule has 3 aromatic carbocycles. The number of fused-ring (bicyclic) bond motifs is 2. The zero-order valence-corrected chi connectivity index (χ0v) is 19.9. The Hall–Kier alpha value is -3.17. The van der Waals surface area contributed by atoms with Crippen LogP contribution < -0.4 is 0 Å². The molecule has 2 fully saturated rings. The van der Waals surface area contributed by atoms with Crippen LogP contribution >= 0.6 is 0 Å². The van der Waals surface area contributed by atoms with Crippen LogP contribution in [0.3, 0.4) is 0 Å². The Labute approximate surface area is 202 Å². The van der Waals surface area contributed by atoms with E-state index < -0.39 is 11.0 Å². The summed E-state index contributed by atoms with van der Waals surface area (Å²) in [6, 6.07) is 29.5. The predicted octanol–water partition coefficient (Wildman–Crippen LogP) is 6.37. The van der Waals surface area contributed by atoms with E-state index in [0.29, 0.717) is 5.92 Å². The highest BCUT2D eigenvalue weighted by Gasteiger charge is 2.74. The smallest absolute Gasteiger partial charge is 0.331 e. The zero-order valence-electron chi connectivity index (χ0n) is 19.9. The van der Waals surface area contributed by atoms with Gasteiger partial charge in [-0.2, -0.15) is 0 Å². The number of hydrogen-bond acceptors (Lipinski definition) is 3. The maximum Gasteiger partial charge on any atom is 0.331 e. The summed E-state index contributed by atoms with van der Waals surface area (Å²) in [5.41, 5.74) is 0.478. The van der Waals surface area contributed by atoms with E-state index in [0.717, 1.165) is 36.0 Å². The first kappa shape index (κ1) is 22.6. The van der Waals surface area contributed by atoms with Crippen LogP contribution in [0.5, 0.6) is 0 Å². The zero-order chi connectivity index (χ0) is 23.8. The van der Waals surface area contributed by atoms with E-state index in [9.17, 15) is 9.90 Å². The number of carbonyl (C=O) groups excluding carboxylic acids is 1. The second-order valence-corrected chi connectivity index (χ2v) is 10.3. The lowest BCUT2D eigenvalue weighted by atomic mass is 9.54. The Morgan fingerprint density at radius 2 is 1.44 bits per heavy atom. The number of rotatable bonds is 6. The van der Waals surface area contributed by atoms with Gasteiger partial charge in [-0.05, 0) is 53.4 Å². The lowest BCUT2D eigenvalue weighted by Gasteiger charge is -2.53. The molecule has 0 aliphatic heterocycles. The quantitative estimate of drug-likeness (QED) is 0.349. The van der Waals surface area contributed by atoms with Crippen LogP contribution in [-0.2, 0) is 15.1 Å². The summed E-state index contributed by atoms with van der Waals surface area (Å²) >= 11 is 0. The molecule has 2 saturated carbocycles. The molecule has 3 aromatic rings. The summed E-state index contributed by atoms with van der Waals surface area (Å²) in [5.74, 6) is 0.0161. The van der Waals surface area contributed by atoms with E-state index in [1.165, 1.54) is 6.08 Å². The maximum absolute atomic E-state index is 13.0. The predicted molar refractivity (Wildman–Crippen MR) is 135 cm³/mol. The summed E-state index contributed by atoms with van der Waals surface area (Å²) in [4.78, 5) is 13.0. The Morgan fingerprint density at radius 3 is 1.97 bits per heavy atom. The largest absolute Gasteiger partial charge is 0.458 e. The van der Waals surface area contributed by atoms with Crippen molar-refractivity contribution >= 4 is 12.0 Å². The molecule has 3 atom stereocenters. The Balaban J connectivity index is 1.58. The van der Waals surface area contributed by atoms with E-state index in [1.807, 2.05) is 91.0 Å². The van der Waals surface area contributed by atoms with Gasteiger partial charge >= 0.3 is 5.97 Å². The molecule has 5 rings (SSSR count). The molecule has 0 saturated heterocycles. The number of hydrogen-bond donors (Lipinski definition) is 1. The van der Waals surface area contributed by atoms with E-state index in [2.05, 4.69) is 13.8 Å². The number of benzene rings is 3. The second kappa shape index (κ2) is 8.56. The van der Waals surface area contributed by atoms with Gasteiger partial charge < -0.3 is 9.84 Å². The molecule has 2 bridgehead atoms. The molecule has 0 heterocycles. The van der Waals surface area contributed by atoms with Gasteiger partial charge in [0.2, 0.25) is 0 Å². The van der Waals surface area contributed by atoms with Crippen LogP contribution in [0.2, 0.25) is 0 Å². The topological polar surface area (TPSA) is 46.5 Å². The molecule has 174 valence electrons. The number of ether oxygens (including phenoxy) is 1. The normalized spacial score (nSPS) is 25.5. The third kappa shape index (κ3) is 3.33. The van der Waals surface area contributed by atoms with Gasteiger partial charge in [0.25, 0.3) is 0 Å².